The summed E-state index contributed by atoms with van der Waals surface area (Å²) < 4.78 is 10.7. The third kappa shape index (κ3) is 4.17. The number of furan rings is 2. The smallest absolute Gasteiger partial charge is 0.289 e. The number of rotatable bonds is 7. The topological polar surface area (TPSA) is 92.8 Å². The van der Waals surface area contributed by atoms with E-state index in [1.54, 1.807) is 24.3 Å². The molecule has 0 spiro atoms. The molecule has 0 aliphatic heterocycles. The van der Waals surface area contributed by atoms with E-state index in [1.165, 1.54) is 11.2 Å². The lowest BCUT2D eigenvalue weighted by atomic mass is 10.2. The van der Waals surface area contributed by atoms with Crippen molar-refractivity contribution in [3.8, 4) is 0 Å². The van der Waals surface area contributed by atoms with E-state index >= 15 is 0 Å². The third-order valence-corrected chi connectivity index (χ3v) is 3.84. The van der Waals surface area contributed by atoms with Crippen LogP contribution in [0.4, 0.5) is 0 Å². The molecule has 1 amide bonds. The monoisotopic (exact) mass is 340 g/mol. The van der Waals surface area contributed by atoms with E-state index in [1.807, 2.05) is 30.3 Å². The molecule has 0 aliphatic carbocycles. The number of aliphatic hydroxyl groups is 1. The highest BCUT2D eigenvalue weighted by molar-refractivity contribution is 5.91. The van der Waals surface area contributed by atoms with Gasteiger partial charge in [-0.05, 0) is 29.8 Å². The second kappa shape index (κ2) is 7.83. The maximum absolute atomic E-state index is 12.8. The fourth-order valence-corrected chi connectivity index (χ4v) is 2.56. The van der Waals surface area contributed by atoms with Crippen molar-refractivity contribution in [2.45, 2.75) is 19.2 Å². The lowest BCUT2D eigenvalue weighted by Crippen LogP contribution is -2.34. The highest BCUT2D eigenvalue weighted by Crippen LogP contribution is 2.19. The number of carbonyl (C=O) groups is 1. The summed E-state index contributed by atoms with van der Waals surface area (Å²) in [5.41, 5.74) is 6.49. The molecule has 1 aromatic carbocycles. The van der Waals surface area contributed by atoms with Crippen molar-refractivity contribution < 1.29 is 18.7 Å². The van der Waals surface area contributed by atoms with Crippen LogP contribution < -0.4 is 5.73 Å². The molecule has 3 N–H and O–H groups in total. The zero-order chi connectivity index (χ0) is 17.6. The van der Waals surface area contributed by atoms with Gasteiger partial charge in [0.2, 0.25) is 0 Å². The number of amides is 1. The Morgan fingerprint density at radius 3 is 2.56 bits per heavy atom. The van der Waals surface area contributed by atoms with Crippen molar-refractivity contribution in [2.24, 2.45) is 5.73 Å². The summed E-state index contributed by atoms with van der Waals surface area (Å²) in [6.07, 6.45) is 0.564. The average Bonchev–Trinajstić information content (AvgIpc) is 3.33. The largest absolute Gasteiger partial charge is 0.467 e. The molecule has 0 saturated carbocycles. The molecule has 3 rings (SSSR count). The van der Waals surface area contributed by atoms with Crippen molar-refractivity contribution in [3.63, 3.8) is 0 Å². The Bertz CT molecular complexity index is 796. The summed E-state index contributed by atoms with van der Waals surface area (Å²) in [5.74, 6) is 0.833. The highest BCUT2D eigenvalue weighted by atomic mass is 16.4. The Morgan fingerprint density at radius 1 is 1.12 bits per heavy atom. The summed E-state index contributed by atoms with van der Waals surface area (Å²) in [6.45, 7) is 0.650. The minimum Gasteiger partial charge on any atom is -0.467 e. The molecular formula is C19H20N2O4. The molecule has 3 aromatic rings. The van der Waals surface area contributed by atoms with Gasteiger partial charge in [0, 0.05) is 6.54 Å². The number of carbonyl (C=O) groups excluding carboxylic acids is 1. The van der Waals surface area contributed by atoms with Crippen LogP contribution in [0.25, 0.3) is 0 Å². The molecule has 25 heavy (non-hydrogen) atoms. The van der Waals surface area contributed by atoms with E-state index in [0.717, 1.165) is 5.56 Å². The summed E-state index contributed by atoms with van der Waals surface area (Å²) in [5, 5.41) is 10.4. The van der Waals surface area contributed by atoms with Crippen LogP contribution >= 0.6 is 0 Å². The quantitative estimate of drug-likeness (QED) is 0.690. The van der Waals surface area contributed by atoms with E-state index in [9.17, 15) is 9.90 Å². The predicted octanol–water partition coefficient (Wildman–Crippen LogP) is 2.71. The molecule has 0 bridgehead atoms. The van der Waals surface area contributed by atoms with Gasteiger partial charge in [-0.3, -0.25) is 4.79 Å². The second-order valence-electron chi connectivity index (χ2n) is 5.67. The minimum absolute atomic E-state index is 0.0832. The lowest BCUT2D eigenvalue weighted by molar-refractivity contribution is 0.0534. The first kappa shape index (κ1) is 17.0. The highest BCUT2D eigenvalue weighted by Gasteiger charge is 2.24. The lowest BCUT2D eigenvalue weighted by Gasteiger charge is -2.24. The van der Waals surface area contributed by atoms with Gasteiger partial charge >= 0.3 is 0 Å². The molecule has 2 heterocycles. The number of nitrogens with two attached hydrogens (primary N) is 1. The first-order valence-corrected chi connectivity index (χ1v) is 8.01. The third-order valence-electron chi connectivity index (χ3n) is 3.84. The van der Waals surface area contributed by atoms with Crippen LogP contribution in [0.15, 0.2) is 69.7 Å². The number of nitrogens with zero attached hydrogens (tertiary/aromatic N) is 1. The van der Waals surface area contributed by atoms with E-state index in [4.69, 9.17) is 14.6 Å². The Balaban J connectivity index is 1.81. The van der Waals surface area contributed by atoms with Crippen LogP contribution in [0.1, 0.15) is 33.7 Å². The Morgan fingerprint density at radius 2 is 1.92 bits per heavy atom. The Kier molecular flexibility index (Phi) is 5.33. The van der Waals surface area contributed by atoms with E-state index in [0.29, 0.717) is 18.1 Å². The number of hydrogen-bond acceptors (Lipinski definition) is 5. The summed E-state index contributed by atoms with van der Waals surface area (Å²) >= 11 is 0. The van der Waals surface area contributed by atoms with Gasteiger partial charge in [-0.2, -0.15) is 0 Å². The van der Waals surface area contributed by atoms with Gasteiger partial charge in [-0.1, -0.05) is 30.3 Å². The predicted molar refractivity (Wildman–Crippen MR) is 91.4 cm³/mol. The van der Waals surface area contributed by atoms with E-state index in [2.05, 4.69) is 0 Å². The van der Waals surface area contributed by atoms with E-state index in [-0.39, 0.29) is 24.8 Å². The maximum atomic E-state index is 12.8. The number of benzene rings is 1. The van der Waals surface area contributed by atoms with Crippen LogP contribution in [0.2, 0.25) is 0 Å². The fraction of sp³-hybridized carbons (Fsp3) is 0.211. The molecule has 6 nitrogen and oxygen atoms in total. The van der Waals surface area contributed by atoms with Crippen LogP contribution in [-0.2, 0) is 13.1 Å². The molecule has 1 atom stereocenters. The van der Waals surface area contributed by atoms with Crippen molar-refractivity contribution in [1.29, 1.82) is 0 Å². The molecule has 130 valence electrons. The summed E-state index contributed by atoms with van der Waals surface area (Å²) in [6, 6.07) is 16.2. The zero-order valence-corrected chi connectivity index (χ0v) is 13.7. The van der Waals surface area contributed by atoms with Crippen molar-refractivity contribution in [2.75, 3.05) is 6.54 Å². The summed E-state index contributed by atoms with van der Waals surface area (Å²) in [4.78, 5) is 14.4. The normalized spacial score (nSPS) is 12.1. The van der Waals surface area contributed by atoms with Gasteiger partial charge in [0.15, 0.2) is 5.76 Å². The molecular weight excluding hydrogens is 320 g/mol. The minimum atomic E-state index is -0.924. The van der Waals surface area contributed by atoms with Gasteiger partial charge in [-0.25, -0.2) is 0 Å². The van der Waals surface area contributed by atoms with Gasteiger partial charge in [0.1, 0.15) is 17.6 Å². The first-order valence-electron chi connectivity index (χ1n) is 8.01. The molecule has 2 aromatic heterocycles. The first-order chi connectivity index (χ1) is 12.2. The van der Waals surface area contributed by atoms with Crippen molar-refractivity contribution in [1.82, 2.24) is 4.90 Å². The molecule has 6 heteroatoms. The molecule has 0 fully saturated rings. The Labute approximate surface area is 145 Å². The van der Waals surface area contributed by atoms with Gasteiger partial charge in [0.05, 0.1) is 19.4 Å². The van der Waals surface area contributed by atoms with Crippen molar-refractivity contribution >= 4 is 5.91 Å². The SMILES string of the molecule is NCc1ccc(C(=O)N(Cc2ccccc2)CC(O)c2ccco2)o1. The molecule has 0 radical (unpaired) electrons. The zero-order valence-electron chi connectivity index (χ0n) is 13.7. The van der Waals surface area contributed by atoms with Crippen LogP contribution in [0.5, 0.6) is 0 Å². The van der Waals surface area contributed by atoms with Gasteiger partial charge < -0.3 is 24.6 Å². The van der Waals surface area contributed by atoms with Crippen LogP contribution in [-0.4, -0.2) is 22.5 Å². The fourth-order valence-electron chi connectivity index (χ4n) is 2.56. The van der Waals surface area contributed by atoms with Crippen LogP contribution in [0.3, 0.4) is 0 Å². The second-order valence-corrected chi connectivity index (χ2v) is 5.67. The number of hydrogen-bond donors (Lipinski definition) is 2. The molecule has 0 aliphatic rings. The standard InChI is InChI=1S/C19H20N2O4/c20-11-15-8-9-18(25-15)19(23)21(12-14-5-2-1-3-6-14)13-16(22)17-7-4-10-24-17/h1-10,16,22H,11-13,20H2. The average molecular weight is 340 g/mol. The van der Waals surface area contributed by atoms with Gasteiger partial charge in [-0.15, -0.1) is 0 Å². The molecule has 0 saturated heterocycles. The summed E-state index contributed by atoms with van der Waals surface area (Å²) in [7, 11) is 0. The van der Waals surface area contributed by atoms with Crippen molar-refractivity contribution in [3.05, 3.63) is 83.7 Å². The molecule has 1 unspecified atom stereocenters. The van der Waals surface area contributed by atoms with Crippen LogP contribution in [0, 0.1) is 0 Å². The van der Waals surface area contributed by atoms with E-state index < -0.39 is 6.10 Å². The Hall–Kier alpha value is -2.83. The maximum Gasteiger partial charge on any atom is 0.289 e. The number of aliphatic hydroxyl groups excluding tert-OH is 1. The van der Waals surface area contributed by atoms with Gasteiger partial charge in [0.25, 0.3) is 5.91 Å².